The molecule has 36 heavy (non-hydrogen) atoms. The monoisotopic (exact) mass is 477 g/mol. The average molecular weight is 478 g/mol. The lowest BCUT2D eigenvalue weighted by molar-refractivity contribution is 0.669. The predicted octanol–water partition coefficient (Wildman–Crippen LogP) is 9.84. The lowest BCUT2D eigenvalue weighted by Gasteiger charge is -2.07. The molecule has 8 rings (SSSR count). The average Bonchev–Trinajstić information content (AvgIpc) is 3.49. The number of furan rings is 1. The first-order chi connectivity index (χ1) is 17.8. The molecule has 3 aromatic heterocycles. The highest BCUT2D eigenvalue weighted by Crippen LogP contribution is 2.36. The van der Waals surface area contributed by atoms with Crippen molar-refractivity contribution < 1.29 is 4.42 Å². The number of hydrogen-bond donors (Lipinski definition) is 0. The third-order valence-electron chi connectivity index (χ3n) is 7.07. The molecule has 0 aliphatic heterocycles. The van der Waals surface area contributed by atoms with Crippen LogP contribution < -0.4 is 0 Å². The SMILES string of the molecule is c1ccc2c(c1)oc1ccc(-c3ccc(-c4ccc5nc6c(cc5c4)sc4ccccc46)cc3)cc12. The van der Waals surface area contributed by atoms with Gasteiger partial charge in [-0.05, 0) is 64.7 Å². The minimum absolute atomic E-state index is 0.925. The van der Waals surface area contributed by atoms with Crippen LogP contribution in [0.15, 0.2) is 120 Å². The molecule has 3 heteroatoms. The number of aromatic nitrogens is 1. The Morgan fingerprint density at radius 2 is 1.17 bits per heavy atom. The van der Waals surface area contributed by atoms with Crippen molar-refractivity contribution in [1.82, 2.24) is 4.98 Å². The van der Waals surface area contributed by atoms with Crippen LogP contribution in [0, 0.1) is 0 Å². The second-order valence-corrected chi connectivity index (χ2v) is 10.3. The molecule has 0 N–H and O–H groups in total. The van der Waals surface area contributed by atoms with Gasteiger partial charge < -0.3 is 4.42 Å². The van der Waals surface area contributed by atoms with Gasteiger partial charge in [-0.3, -0.25) is 0 Å². The van der Waals surface area contributed by atoms with Gasteiger partial charge in [0.25, 0.3) is 0 Å². The summed E-state index contributed by atoms with van der Waals surface area (Å²) >= 11 is 1.81. The number of hydrogen-bond acceptors (Lipinski definition) is 3. The number of rotatable bonds is 2. The molecule has 2 nitrogen and oxygen atoms in total. The summed E-state index contributed by atoms with van der Waals surface area (Å²) in [5.41, 5.74) is 8.78. The van der Waals surface area contributed by atoms with Gasteiger partial charge in [0, 0.05) is 26.2 Å². The number of benzene rings is 5. The zero-order chi connectivity index (χ0) is 23.6. The zero-order valence-electron chi connectivity index (χ0n) is 19.2. The van der Waals surface area contributed by atoms with Gasteiger partial charge in [-0.15, -0.1) is 11.3 Å². The summed E-state index contributed by atoms with van der Waals surface area (Å²) in [5, 5.41) is 4.72. The molecule has 168 valence electrons. The van der Waals surface area contributed by atoms with Crippen LogP contribution in [-0.2, 0) is 0 Å². The van der Waals surface area contributed by atoms with Crippen LogP contribution in [0.25, 0.3) is 75.4 Å². The summed E-state index contributed by atoms with van der Waals surface area (Å²) in [7, 11) is 0. The first-order valence-corrected chi connectivity index (χ1v) is 12.9. The molecule has 0 fully saturated rings. The Bertz CT molecular complexity index is 2100. The summed E-state index contributed by atoms with van der Waals surface area (Å²) in [6.07, 6.45) is 0. The van der Waals surface area contributed by atoms with E-state index < -0.39 is 0 Å². The maximum Gasteiger partial charge on any atom is 0.135 e. The quantitative estimate of drug-likeness (QED) is 0.248. The molecule has 0 atom stereocenters. The van der Waals surface area contributed by atoms with Crippen molar-refractivity contribution >= 4 is 64.5 Å². The van der Waals surface area contributed by atoms with E-state index in [1.165, 1.54) is 42.4 Å². The molecule has 3 heterocycles. The van der Waals surface area contributed by atoms with E-state index >= 15 is 0 Å². The Labute approximate surface area is 211 Å². The van der Waals surface area contributed by atoms with Crippen LogP contribution in [0.2, 0.25) is 0 Å². The molecule has 0 unspecified atom stereocenters. The van der Waals surface area contributed by atoms with Crippen LogP contribution in [0.4, 0.5) is 0 Å². The molecular weight excluding hydrogens is 458 g/mol. The van der Waals surface area contributed by atoms with Crippen LogP contribution in [-0.4, -0.2) is 4.98 Å². The molecule has 5 aromatic carbocycles. The Kier molecular flexibility index (Phi) is 4.13. The molecule has 0 aliphatic carbocycles. The molecular formula is C33H19NOS. The number of thiophene rings is 1. The topological polar surface area (TPSA) is 26.0 Å². The van der Waals surface area contributed by atoms with Crippen molar-refractivity contribution in [3.05, 3.63) is 115 Å². The minimum Gasteiger partial charge on any atom is -0.456 e. The van der Waals surface area contributed by atoms with E-state index in [2.05, 4.69) is 103 Å². The van der Waals surface area contributed by atoms with E-state index in [-0.39, 0.29) is 0 Å². The molecule has 0 saturated heterocycles. The van der Waals surface area contributed by atoms with Gasteiger partial charge in [0.15, 0.2) is 0 Å². The standard InChI is InChI=1S/C33H19NOS/c1-3-7-29-25(5-1)27-18-23(14-16-30(27)35-29)21-11-9-20(10-12-21)22-13-15-28-24(17-22)19-32-33(34-28)26-6-2-4-8-31(26)36-32/h1-19H. The third-order valence-corrected chi connectivity index (χ3v) is 8.18. The highest BCUT2D eigenvalue weighted by molar-refractivity contribution is 7.25. The van der Waals surface area contributed by atoms with E-state index in [0.29, 0.717) is 0 Å². The van der Waals surface area contributed by atoms with E-state index in [1.807, 2.05) is 23.5 Å². The highest BCUT2D eigenvalue weighted by atomic mass is 32.1. The van der Waals surface area contributed by atoms with Gasteiger partial charge in [0.1, 0.15) is 11.2 Å². The molecule has 0 bridgehead atoms. The fraction of sp³-hybridized carbons (Fsp3) is 0. The molecule has 0 radical (unpaired) electrons. The van der Waals surface area contributed by atoms with Gasteiger partial charge in [0.2, 0.25) is 0 Å². The van der Waals surface area contributed by atoms with Gasteiger partial charge in [-0.25, -0.2) is 4.98 Å². The van der Waals surface area contributed by atoms with E-state index in [0.717, 1.165) is 33.0 Å². The fourth-order valence-corrected chi connectivity index (χ4v) is 6.33. The Morgan fingerprint density at radius 3 is 2.03 bits per heavy atom. The van der Waals surface area contributed by atoms with Crippen LogP contribution in [0.3, 0.4) is 0 Å². The fourth-order valence-electron chi connectivity index (χ4n) is 5.24. The normalized spacial score (nSPS) is 11.9. The molecule has 0 aliphatic rings. The van der Waals surface area contributed by atoms with E-state index in [9.17, 15) is 0 Å². The lowest BCUT2D eigenvalue weighted by atomic mass is 9.98. The van der Waals surface area contributed by atoms with Crippen LogP contribution >= 0.6 is 11.3 Å². The number of fused-ring (bicyclic) bond motifs is 7. The van der Waals surface area contributed by atoms with Crippen molar-refractivity contribution in [3.63, 3.8) is 0 Å². The minimum atomic E-state index is 0.925. The van der Waals surface area contributed by atoms with Crippen molar-refractivity contribution in [3.8, 4) is 22.3 Å². The number of para-hydroxylation sites is 1. The summed E-state index contributed by atoms with van der Waals surface area (Å²) in [6, 6.07) is 40.8. The lowest BCUT2D eigenvalue weighted by Crippen LogP contribution is -1.84. The Morgan fingerprint density at radius 1 is 0.500 bits per heavy atom. The van der Waals surface area contributed by atoms with Gasteiger partial charge in [-0.1, -0.05) is 72.8 Å². The van der Waals surface area contributed by atoms with Gasteiger partial charge >= 0.3 is 0 Å². The summed E-state index contributed by atoms with van der Waals surface area (Å²) < 4.78 is 8.51. The number of pyridine rings is 1. The third kappa shape index (κ3) is 3.00. The smallest absolute Gasteiger partial charge is 0.135 e. The maximum absolute atomic E-state index is 5.99. The van der Waals surface area contributed by atoms with Crippen molar-refractivity contribution in [1.29, 1.82) is 0 Å². The predicted molar refractivity (Wildman–Crippen MR) is 153 cm³/mol. The van der Waals surface area contributed by atoms with Crippen LogP contribution in [0.5, 0.6) is 0 Å². The summed E-state index contributed by atoms with van der Waals surface area (Å²) in [6.45, 7) is 0. The molecule has 0 amide bonds. The molecule has 0 spiro atoms. The maximum atomic E-state index is 5.99. The first-order valence-electron chi connectivity index (χ1n) is 12.0. The van der Waals surface area contributed by atoms with E-state index in [1.54, 1.807) is 0 Å². The van der Waals surface area contributed by atoms with Gasteiger partial charge in [0.05, 0.1) is 15.7 Å². The first kappa shape index (κ1) is 19.8. The molecule has 8 aromatic rings. The van der Waals surface area contributed by atoms with E-state index in [4.69, 9.17) is 9.40 Å². The summed E-state index contributed by atoms with van der Waals surface area (Å²) in [5.74, 6) is 0. The van der Waals surface area contributed by atoms with Gasteiger partial charge in [-0.2, -0.15) is 0 Å². The Hall–Kier alpha value is -4.47. The summed E-state index contributed by atoms with van der Waals surface area (Å²) in [4.78, 5) is 5.00. The van der Waals surface area contributed by atoms with Crippen molar-refractivity contribution in [2.45, 2.75) is 0 Å². The molecule has 0 saturated carbocycles. The second kappa shape index (κ2) is 7.51. The van der Waals surface area contributed by atoms with Crippen molar-refractivity contribution in [2.75, 3.05) is 0 Å². The second-order valence-electron chi connectivity index (χ2n) is 9.23. The Balaban J connectivity index is 1.18. The van der Waals surface area contributed by atoms with Crippen molar-refractivity contribution in [2.24, 2.45) is 0 Å². The largest absolute Gasteiger partial charge is 0.456 e. The highest BCUT2D eigenvalue weighted by Gasteiger charge is 2.10. The number of nitrogens with zero attached hydrogens (tertiary/aromatic N) is 1. The van der Waals surface area contributed by atoms with Crippen LogP contribution in [0.1, 0.15) is 0 Å². The zero-order valence-corrected chi connectivity index (χ0v) is 20.0.